The van der Waals surface area contributed by atoms with Gasteiger partial charge in [0.1, 0.15) is 0 Å². The van der Waals surface area contributed by atoms with Gasteiger partial charge in [-0.2, -0.15) is 0 Å². The second-order valence-corrected chi connectivity index (χ2v) is 7.33. The first-order valence-corrected chi connectivity index (χ1v) is 7.26. The molecule has 2 aliphatic carbocycles. The van der Waals surface area contributed by atoms with Crippen LogP contribution >= 0.6 is 0 Å². The average Bonchev–Trinajstić information content (AvgIpc) is 2.59. The zero-order valence-corrected chi connectivity index (χ0v) is 11.4. The molecule has 5 unspecified atom stereocenters. The van der Waals surface area contributed by atoms with Gasteiger partial charge in [0.15, 0.2) is 0 Å². The summed E-state index contributed by atoms with van der Waals surface area (Å²) in [5.41, 5.74) is 0.467. The number of fused-ring (bicyclic) bond motifs is 3. The van der Waals surface area contributed by atoms with Crippen molar-refractivity contribution in [3.63, 3.8) is 0 Å². The molecule has 1 aliphatic heterocycles. The normalized spacial score (nSPS) is 53.8. The molecule has 1 spiro atoms. The SMILES string of the molecule is CC1CC2CC(C)C3(CCC(=O)N3)C(C)(C1)C2. The van der Waals surface area contributed by atoms with Crippen molar-refractivity contribution in [1.29, 1.82) is 0 Å². The van der Waals surface area contributed by atoms with E-state index in [1.54, 1.807) is 0 Å². The van der Waals surface area contributed by atoms with Gasteiger partial charge in [-0.1, -0.05) is 20.8 Å². The fourth-order valence-electron chi connectivity index (χ4n) is 5.57. The fraction of sp³-hybridized carbons (Fsp3) is 0.933. The minimum atomic E-state index is 0.120. The van der Waals surface area contributed by atoms with Gasteiger partial charge in [-0.25, -0.2) is 0 Å². The Morgan fingerprint density at radius 1 is 1.24 bits per heavy atom. The standard InChI is InChI=1S/C15H25NO/c1-10-6-12-7-11(2)15(5-4-13(17)16-15)14(3,8-10)9-12/h10-12H,4-9H2,1-3H3,(H,16,17). The molecule has 1 saturated heterocycles. The summed E-state index contributed by atoms with van der Waals surface area (Å²) in [5.74, 6) is 2.68. The Labute approximate surface area is 105 Å². The van der Waals surface area contributed by atoms with Gasteiger partial charge in [0.05, 0.1) is 0 Å². The van der Waals surface area contributed by atoms with Crippen molar-refractivity contribution in [2.75, 3.05) is 0 Å². The second kappa shape index (κ2) is 3.49. The van der Waals surface area contributed by atoms with Gasteiger partial charge in [-0.05, 0) is 55.3 Å². The molecule has 2 heteroatoms. The number of hydrogen-bond acceptors (Lipinski definition) is 1. The van der Waals surface area contributed by atoms with Crippen LogP contribution in [0, 0.1) is 23.2 Å². The molecule has 0 aromatic carbocycles. The van der Waals surface area contributed by atoms with Crippen LogP contribution in [0.5, 0.6) is 0 Å². The van der Waals surface area contributed by atoms with Crippen molar-refractivity contribution in [3.05, 3.63) is 0 Å². The molecule has 17 heavy (non-hydrogen) atoms. The van der Waals surface area contributed by atoms with Gasteiger partial charge in [0.25, 0.3) is 0 Å². The molecule has 2 nitrogen and oxygen atoms in total. The predicted molar refractivity (Wildman–Crippen MR) is 68.5 cm³/mol. The molecule has 0 aromatic rings. The van der Waals surface area contributed by atoms with Crippen molar-refractivity contribution in [1.82, 2.24) is 5.32 Å². The molecule has 0 radical (unpaired) electrons. The van der Waals surface area contributed by atoms with Crippen LogP contribution in [0.25, 0.3) is 0 Å². The lowest BCUT2D eigenvalue weighted by Crippen LogP contribution is -2.63. The molecule has 1 N–H and O–H groups in total. The number of carbonyl (C=O) groups is 1. The Balaban J connectivity index is 1.98. The van der Waals surface area contributed by atoms with Crippen LogP contribution in [0.2, 0.25) is 0 Å². The maximum Gasteiger partial charge on any atom is 0.220 e. The quantitative estimate of drug-likeness (QED) is 0.686. The van der Waals surface area contributed by atoms with Crippen LogP contribution < -0.4 is 5.32 Å². The van der Waals surface area contributed by atoms with E-state index < -0.39 is 0 Å². The number of nitrogens with one attached hydrogen (secondary N) is 1. The first-order chi connectivity index (χ1) is 7.95. The van der Waals surface area contributed by atoms with Crippen LogP contribution in [0.3, 0.4) is 0 Å². The van der Waals surface area contributed by atoms with Crippen molar-refractivity contribution in [2.24, 2.45) is 23.2 Å². The zero-order chi connectivity index (χ0) is 12.3. The minimum absolute atomic E-state index is 0.120. The highest BCUT2D eigenvalue weighted by Crippen LogP contribution is 2.60. The smallest absolute Gasteiger partial charge is 0.220 e. The van der Waals surface area contributed by atoms with Crippen molar-refractivity contribution >= 4 is 5.91 Å². The van der Waals surface area contributed by atoms with Gasteiger partial charge in [-0.15, -0.1) is 0 Å². The van der Waals surface area contributed by atoms with Gasteiger partial charge in [0, 0.05) is 12.0 Å². The molecule has 5 atom stereocenters. The summed E-state index contributed by atoms with van der Waals surface area (Å²) in [7, 11) is 0. The summed E-state index contributed by atoms with van der Waals surface area (Å²) in [4.78, 5) is 11.7. The van der Waals surface area contributed by atoms with Gasteiger partial charge < -0.3 is 5.32 Å². The van der Waals surface area contributed by atoms with E-state index in [1.165, 1.54) is 25.7 Å². The highest BCUT2D eigenvalue weighted by Gasteiger charge is 2.59. The van der Waals surface area contributed by atoms with Crippen molar-refractivity contribution in [2.45, 2.75) is 64.8 Å². The maximum absolute atomic E-state index is 11.7. The fourth-order valence-corrected chi connectivity index (χ4v) is 5.57. The summed E-state index contributed by atoms with van der Waals surface area (Å²) in [6.45, 7) is 7.20. The zero-order valence-electron chi connectivity index (χ0n) is 11.4. The van der Waals surface area contributed by atoms with E-state index in [2.05, 4.69) is 26.1 Å². The van der Waals surface area contributed by atoms with E-state index in [4.69, 9.17) is 0 Å². The Hall–Kier alpha value is -0.530. The number of hydrogen-bond donors (Lipinski definition) is 1. The van der Waals surface area contributed by atoms with E-state index in [1.807, 2.05) is 0 Å². The molecule has 1 amide bonds. The molecule has 2 saturated carbocycles. The second-order valence-electron chi connectivity index (χ2n) is 7.33. The summed E-state index contributed by atoms with van der Waals surface area (Å²) >= 11 is 0. The molecule has 96 valence electrons. The summed E-state index contributed by atoms with van der Waals surface area (Å²) in [6.07, 6.45) is 7.18. The molecular weight excluding hydrogens is 210 g/mol. The number of rotatable bonds is 0. The average molecular weight is 235 g/mol. The third-order valence-corrected chi connectivity index (χ3v) is 5.99. The van der Waals surface area contributed by atoms with Crippen LogP contribution in [-0.2, 0) is 4.79 Å². The van der Waals surface area contributed by atoms with E-state index in [9.17, 15) is 4.79 Å². The number of carbonyl (C=O) groups excluding carboxylic acids is 1. The Kier molecular flexibility index (Phi) is 2.37. The first-order valence-electron chi connectivity index (χ1n) is 7.26. The van der Waals surface area contributed by atoms with Crippen LogP contribution in [0.1, 0.15) is 59.3 Å². The minimum Gasteiger partial charge on any atom is -0.350 e. The molecule has 3 rings (SSSR count). The van der Waals surface area contributed by atoms with E-state index in [-0.39, 0.29) is 11.4 Å². The Morgan fingerprint density at radius 3 is 2.65 bits per heavy atom. The number of amides is 1. The maximum atomic E-state index is 11.7. The highest BCUT2D eigenvalue weighted by molar-refractivity contribution is 5.79. The Bertz CT molecular complexity index is 349. The van der Waals surface area contributed by atoms with Crippen molar-refractivity contribution in [3.8, 4) is 0 Å². The molecule has 3 fully saturated rings. The molecule has 2 bridgehead atoms. The summed E-state index contributed by atoms with van der Waals surface area (Å²) in [5, 5.41) is 3.40. The molecular formula is C15H25NO. The molecule has 1 heterocycles. The van der Waals surface area contributed by atoms with Crippen LogP contribution in [-0.4, -0.2) is 11.4 Å². The predicted octanol–water partition coefficient (Wildman–Crippen LogP) is 3.12. The monoisotopic (exact) mass is 235 g/mol. The van der Waals surface area contributed by atoms with Crippen LogP contribution in [0.15, 0.2) is 0 Å². The molecule has 3 aliphatic rings. The summed E-state index contributed by atoms with van der Waals surface area (Å²) < 4.78 is 0. The lowest BCUT2D eigenvalue weighted by Gasteiger charge is -2.59. The first kappa shape index (κ1) is 11.6. The lowest BCUT2D eigenvalue weighted by atomic mass is 9.48. The van der Waals surface area contributed by atoms with Crippen LogP contribution in [0.4, 0.5) is 0 Å². The van der Waals surface area contributed by atoms with Crippen molar-refractivity contribution < 1.29 is 4.79 Å². The highest BCUT2D eigenvalue weighted by atomic mass is 16.2. The topological polar surface area (TPSA) is 29.1 Å². The largest absolute Gasteiger partial charge is 0.350 e. The summed E-state index contributed by atoms with van der Waals surface area (Å²) in [6, 6.07) is 0. The molecule has 0 aromatic heterocycles. The van der Waals surface area contributed by atoms with E-state index in [0.29, 0.717) is 11.3 Å². The van der Waals surface area contributed by atoms with E-state index in [0.717, 1.165) is 24.7 Å². The van der Waals surface area contributed by atoms with Gasteiger partial charge >= 0.3 is 0 Å². The third-order valence-electron chi connectivity index (χ3n) is 5.99. The third kappa shape index (κ3) is 1.49. The van der Waals surface area contributed by atoms with Gasteiger partial charge in [-0.3, -0.25) is 4.79 Å². The van der Waals surface area contributed by atoms with E-state index >= 15 is 0 Å². The lowest BCUT2D eigenvalue weighted by molar-refractivity contribution is -0.124. The van der Waals surface area contributed by atoms with Gasteiger partial charge in [0.2, 0.25) is 5.91 Å². The Morgan fingerprint density at radius 2 is 2.00 bits per heavy atom.